The summed E-state index contributed by atoms with van der Waals surface area (Å²) in [6.07, 6.45) is 7.41. The highest BCUT2D eigenvalue weighted by Gasteiger charge is 2.17. The van der Waals surface area contributed by atoms with Crippen molar-refractivity contribution >= 4 is 5.57 Å². The molecule has 0 saturated heterocycles. The van der Waals surface area contributed by atoms with Gasteiger partial charge in [0.15, 0.2) is 0 Å². The Bertz CT molecular complexity index is 915. The third kappa shape index (κ3) is 3.51. The normalized spacial score (nSPS) is 14.7. The summed E-state index contributed by atoms with van der Waals surface area (Å²) in [5, 5.41) is 15.3. The van der Waals surface area contributed by atoms with E-state index >= 15 is 0 Å². The van der Waals surface area contributed by atoms with Gasteiger partial charge in [0, 0.05) is 6.20 Å². The largest absolute Gasteiger partial charge is 0.415 e. The molecule has 0 aliphatic heterocycles. The van der Waals surface area contributed by atoms with Gasteiger partial charge in [-0.1, -0.05) is 11.3 Å². The average molecular weight is 358 g/mol. The van der Waals surface area contributed by atoms with E-state index in [1.54, 1.807) is 16.8 Å². The van der Waals surface area contributed by atoms with Crippen LogP contribution in [0.4, 0.5) is 8.78 Å². The molecule has 0 bridgehead atoms. The van der Waals surface area contributed by atoms with Crippen LogP contribution in [0, 0.1) is 0 Å². The first kappa shape index (κ1) is 16.5. The zero-order valence-corrected chi connectivity index (χ0v) is 13.8. The third-order valence-corrected chi connectivity index (χ3v) is 4.18. The predicted octanol–water partition coefficient (Wildman–Crippen LogP) is 3.67. The zero-order chi connectivity index (χ0) is 17.9. The van der Waals surface area contributed by atoms with Crippen LogP contribution in [0.2, 0.25) is 0 Å². The fourth-order valence-electron chi connectivity index (χ4n) is 2.84. The van der Waals surface area contributed by atoms with Crippen molar-refractivity contribution < 1.29 is 13.2 Å². The van der Waals surface area contributed by atoms with Crippen molar-refractivity contribution in [3.8, 4) is 11.5 Å². The minimum absolute atomic E-state index is 0.0200. The molecule has 134 valence electrons. The highest BCUT2D eigenvalue weighted by molar-refractivity contribution is 5.62. The van der Waals surface area contributed by atoms with Crippen LogP contribution in [-0.4, -0.2) is 30.2 Å². The van der Waals surface area contributed by atoms with Crippen LogP contribution in [0.3, 0.4) is 0 Å². The van der Waals surface area contributed by atoms with Gasteiger partial charge in [-0.15, -0.1) is 15.3 Å². The topological polar surface area (TPSA) is 82.5 Å². The Labute approximate surface area is 147 Å². The molecule has 1 aliphatic carbocycles. The van der Waals surface area contributed by atoms with E-state index in [2.05, 4.69) is 31.6 Å². The molecule has 0 atom stereocenters. The summed E-state index contributed by atoms with van der Waals surface area (Å²) in [4.78, 5) is 4.31. The lowest BCUT2D eigenvalue weighted by Gasteiger charge is -2.08. The summed E-state index contributed by atoms with van der Waals surface area (Å²) >= 11 is 0. The molecule has 4 rings (SSSR count). The Kier molecular flexibility index (Phi) is 4.51. The van der Waals surface area contributed by atoms with Crippen LogP contribution < -0.4 is 0 Å². The standard InChI is InChI=1S/C17H16F2N6O/c18-15(19)17-23-22-16(26-17)12-6-7-13(20-8-12)9-25-10-14(21-24-25)11-4-2-1-3-5-11/h4,6-8,10,15H,1-3,5,9H2. The van der Waals surface area contributed by atoms with Gasteiger partial charge < -0.3 is 4.42 Å². The highest BCUT2D eigenvalue weighted by atomic mass is 19.3. The number of pyridine rings is 1. The lowest BCUT2D eigenvalue weighted by atomic mass is 9.98. The molecule has 3 aromatic heterocycles. The lowest BCUT2D eigenvalue weighted by Crippen LogP contribution is -2.02. The minimum Gasteiger partial charge on any atom is -0.415 e. The van der Waals surface area contributed by atoms with Crippen molar-refractivity contribution in [2.24, 2.45) is 0 Å². The molecular weight excluding hydrogens is 342 g/mol. The fraction of sp³-hybridized carbons (Fsp3) is 0.353. The Hall–Kier alpha value is -2.97. The van der Waals surface area contributed by atoms with E-state index in [1.807, 2.05) is 6.20 Å². The Morgan fingerprint density at radius 3 is 2.77 bits per heavy atom. The second kappa shape index (κ2) is 7.11. The van der Waals surface area contributed by atoms with Crippen molar-refractivity contribution in [3.05, 3.63) is 47.9 Å². The summed E-state index contributed by atoms with van der Waals surface area (Å²) in [6, 6.07) is 3.47. The maximum Gasteiger partial charge on any atom is 0.314 e. The van der Waals surface area contributed by atoms with E-state index in [0.29, 0.717) is 12.1 Å². The van der Waals surface area contributed by atoms with Gasteiger partial charge in [-0.3, -0.25) is 4.98 Å². The van der Waals surface area contributed by atoms with E-state index in [1.165, 1.54) is 24.6 Å². The van der Waals surface area contributed by atoms with Crippen LogP contribution in [0.5, 0.6) is 0 Å². The number of halogens is 2. The molecule has 0 amide bonds. The quantitative estimate of drug-likeness (QED) is 0.692. The van der Waals surface area contributed by atoms with Gasteiger partial charge in [0.25, 0.3) is 5.89 Å². The van der Waals surface area contributed by atoms with Crippen molar-refractivity contribution in [1.29, 1.82) is 0 Å². The summed E-state index contributed by atoms with van der Waals surface area (Å²) in [7, 11) is 0. The van der Waals surface area contributed by atoms with Gasteiger partial charge in [0.2, 0.25) is 5.89 Å². The smallest absolute Gasteiger partial charge is 0.314 e. The Morgan fingerprint density at radius 1 is 1.15 bits per heavy atom. The molecule has 3 heterocycles. The number of aromatic nitrogens is 6. The third-order valence-electron chi connectivity index (χ3n) is 4.18. The molecule has 0 aromatic carbocycles. The second-order valence-electron chi connectivity index (χ2n) is 6.06. The SMILES string of the molecule is FC(F)c1nnc(-c2ccc(Cn3cc(C4=CCCCC4)nn3)nc2)o1. The maximum atomic E-state index is 12.5. The number of hydrogen-bond acceptors (Lipinski definition) is 6. The van der Waals surface area contributed by atoms with Crippen molar-refractivity contribution in [2.75, 3.05) is 0 Å². The zero-order valence-electron chi connectivity index (χ0n) is 13.8. The van der Waals surface area contributed by atoms with E-state index in [0.717, 1.165) is 24.2 Å². The molecule has 0 spiro atoms. The van der Waals surface area contributed by atoms with Gasteiger partial charge in [-0.25, -0.2) is 4.68 Å². The van der Waals surface area contributed by atoms with Gasteiger partial charge in [0.1, 0.15) is 5.69 Å². The van der Waals surface area contributed by atoms with E-state index < -0.39 is 12.3 Å². The molecular formula is C17H16F2N6O. The van der Waals surface area contributed by atoms with Crippen LogP contribution in [-0.2, 0) is 6.54 Å². The molecule has 0 radical (unpaired) electrons. The number of nitrogens with zero attached hydrogens (tertiary/aromatic N) is 6. The molecule has 1 aliphatic rings. The van der Waals surface area contributed by atoms with Gasteiger partial charge >= 0.3 is 6.43 Å². The van der Waals surface area contributed by atoms with Gasteiger partial charge in [0.05, 0.1) is 24.0 Å². The molecule has 3 aromatic rings. The van der Waals surface area contributed by atoms with Crippen molar-refractivity contribution in [2.45, 2.75) is 38.7 Å². The van der Waals surface area contributed by atoms with Crippen LogP contribution in [0.1, 0.15) is 49.4 Å². The predicted molar refractivity (Wildman–Crippen MR) is 88.1 cm³/mol. The number of hydrogen-bond donors (Lipinski definition) is 0. The summed E-state index contributed by atoms with van der Waals surface area (Å²) in [6.45, 7) is 0.465. The van der Waals surface area contributed by atoms with E-state index in [4.69, 9.17) is 4.42 Å². The van der Waals surface area contributed by atoms with Gasteiger partial charge in [-0.2, -0.15) is 8.78 Å². The number of allylic oxidation sites excluding steroid dienone is 2. The summed E-state index contributed by atoms with van der Waals surface area (Å²) < 4.78 is 31.7. The lowest BCUT2D eigenvalue weighted by molar-refractivity contribution is 0.116. The van der Waals surface area contributed by atoms with E-state index in [-0.39, 0.29) is 5.89 Å². The number of alkyl halides is 2. The first-order valence-corrected chi connectivity index (χ1v) is 8.35. The Balaban J connectivity index is 1.45. The molecule has 0 unspecified atom stereocenters. The molecule has 0 saturated carbocycles. The molecule has 9 heteroatoms. The molecule has 26 heavy (non-hydrogen) atoms. The van der Waals surface area contributed by atoms with Gasteiger partial charge in [-0.05, 0) is 43.4 Å². The van der Waals surface area contributed by atoms with Crippen LogP contribution in [0.25, 0.3) is 17.0 Å². The average Bonchev–Trinajstić information content (AvgIpc) is 3.33. The highest BCUT2D eigenvalue weighted by Crippen LogP contribution is 2.25. The maximum absolute atomic E-state index is 12.5. The molecule has 0 N–H and O–H groups in total. The summed E-state index contributed by atoms with van der Waals surface area (Å²) in [5.41, 5.74) is 3.40. The van der Waals surface area contributed by atoms with E-state index in [9.17, 15) is 8.78 Å². The van der Waals surface area contributed by atoms with Crippen LogP contribution in [0.15, 0.2) is 35.0 Å². The Morgan fingerprint density at radius 2 is 2.08 bits per heavy atom. The monoisotopic (exact) mass is 358 g/mol. The van der Waals surface area contributed by atoms with Crippen molar-refractivity contribution in [1.82, 2.24) is 30.2 Å². The fourth-order valence-corrected chi connectivity index (χ4v) is 2.84. The number of rotatable bonds is 5. The first-order valence-electron chi connectivity index (χ1n) is 8.35. The summed E-state index contributed by atoms with van der Waals surface area (Å²) in [5.74, 6) is -0.678. The van der Waals surface area contributed by atoms with Crippen molar-refractivity contribution in [3.63, 3.8) is 0 Å². The first-order chi connectivity index (χ1) is 12.7. The minimum atomic E-state index is -2.79. The molecule has 7 nitrogen and oxygen atoms in total. The van der Waals surface area contributed by atoms with Crippen LogP contribution >= 0.6 is 0 Å². The second-order valence-corrected chi connectivity index (χ2v) is 6.06. The molecule has 0 fully saturated rings.